The van der Waals surface area contributed by atoms with Crippen molar-refractivity contribution in [2.24, 2.45) is 5.92 Å². The van der Waals surface area contributed by atoms with E-state index in [1.54, 1.807) is 0 Å². The van der Waals surface area contributed by atoms with E-state index in [4.69, 9.17) is 4.74 Å². The van der Waals surface area contributed by atoms with Crippen molar-refractivity contribution in [2.45, 2.75) is 20.3 Å². The summed E-state index contributed by atoms with van der Waals surface area (Å²) in [5, 5.41) is 3.90. The number of H-pyrrole nitrogens is 1. The number of aromatic nitrogens is 1. The maximum absolute atomic E-state index is 12.0. The largest absolute Gasteiger partial charge is 0.380 e. The van der Waals surface area contributed by atoms with Crippen LogP contribution < -0.4 is 5.32 Å². The zero-order valence-corrected chi connectivity index (χ0v) is 12.1. The summed E-state index contributed by atoms with van der Waals surface area (Å²) in [7, 11) is 0. The minimum atomic E-state index is -0.0892. The number of aromatic amines is 1. The number of nitrogens with one attached hydrogen (secondary N) is 2. The number of rotatable bonds is 7. The lowest BCUT2D eigenvalue weighted by Crippen LogP contribution is -2.27. The number of benzene rings is 1. The summed E-state index contributed by atoms with van der Waals surface area (Å²) in [6.07, 6.45) is 1.05. The Balaban J connectivity index is 1.74. The molecule has 1 aromatic heterocycles. The third-order valence-electron chi connectivity index (χ3n) is 3.15. The molecule has 0 aliphatic carbocycles. The van der Waals surface area contributed by atoms with Gasteiger partial charge in [0.2, 0.25) is 0 Å². The van der Waals surface area contributed by atoms with Gasteiger partial charge in [0.05, 0.1) is 6.61 Å². The fraction of sp³-hybridized carbons (Fsp3) is 0.438. The number of ether oxygens (including phenoxy) is 1. The molecule has 108 valence electrons. The van der Waals surface area contributed by atoms with Crippen LogP contribution in [0.3, 0.4) is 0 Å². The van der Waals surface area contributed by atoms with Crippen molar-refractivity contribution in [3.05, 3.63) is 36.0 Å². The molecule has 2 aromatic rings. The van der Waals surface area contributed by atoms with Gasteiger partial charge in [-0.1, -0.05) is 32.0 Å². The molecule has 0 saturated heterocycles. The highest BCUT2D eigenvalue weighted by Crippen LogP contribution is 2.14. The topological polar surface area (TPSA) is 54.1 Å². The molecule has 0 radical (unpaired) electrons. The molecule has 1 heterocycles. The second-order valence-corrected chi connectivity index (χ2v) is 5.32. The molecule has 0 spiro atoms. The number of carbonyl (C=O) groups is 1. The van der Waals surface area contributed by atoms with Crippen molar-refractivity contribution in [1.82, 2.24) is 10.3 Å². The maximum atomic E-state index is 12.0. The fourth-order valence-electron chi connectivity index (χ4n) is 1.95. The van der Waals surface area contributed by atoms with Crippen LogP contribution in [0.5, 0.6) is 0 Å². The Labute approximate surface area is 119 Å². The number of carbonyl (C=O) groups excluding carboxylic acids is 1. The first-order valence-corrected chi connectivity index (χ1v) is 7.10. The van der Waals surface area contributed by atoms with Crippen molar-refractivity contribution >= 4 is 16.8 Å². The molecule has 0 unspecified atom stereocenters. The van der Waals surface area contributed by atoms with Crippen LogP contribution in [-0.2, 0) is 4.74 Å². The Morgan fingerprint density at radius 2 is 2.10 bits per heavy atom. The number of para-hydroxylation sites is 1. The highest BCUT2D eigenvalue weighted by molar-refractivity contribution is 5.97. The first-order valence-electron chi connectivity index (χ1n) is 7.10. The van der Waals surface area contributed by atoms with Crippen LogP contribution in [0.15, 0.2) is 30.3 Å². The molecule has 2 N–H and O–H groups in total. The zero-order chi connectivity index (χ0) is 14.4. The molecule has 0 aliphatic rings. The van der Waals surface area contributed by atoms with E-state index in [9.17, 15) is 4.79 Å². The van der Waals surface area contributed by atoms with Gasteiger partial charge in [-0.3, -0.25) is 4.79 Å². The first-order chi connectivity index (χ1) is 9.66. The zero-order valence-electron chi connectivity index (χ0n) is 12.1. The fourth-order valence-corrected chi connectivity index (χ4v) is 1.95. The SMILES string of the molecule is CC(C)CCOCCNC(=O)c1cc2ccccc2[nH]1. The summed E-state index contributed by atoms with van der Waals surface area (Å²) < 4.78 is 5.46. The third kappa shape index (κ3) is 4.10. The molecule has 4 heteroatoms. The smallest absolute Gasteiger partial charge is 0.267 e. The molecule has 0 fully saturated rings. The Hall–Kier alpha value is -1.81. The second kappa shape index (κ2) is 7.10. The van der Waals surface area contributed by atoms with Gasteiger partial charge in [0.15, 0.2) is 0 Å². The van der Waals surface area contributed by atoms with Gasteiger partial charge < -0.3 is 15.0 Å². The quantitative estimate of drug-likeness (QED) is 0.763. The summed E-state index contributed by atoms with van der Waals surface area (Å²) in [4.78, 5) is 15.1. The summed E-state index contributed by atoms with van der Waals surface area (Å²) in [5.74, 6) is 0.560. The van der Waals surface area contributed by atoms with Gasteiger partial charge in [-0.25, -0.2) is 0 Å². The Morgan fingerprint density at radius 1 is 1.30 bits per heavy atom. The van der Waals surface area contributed by atoms with Crippen molar-refractivity contribution in [3.63, 3.8) is 0 Å². The number of amides is 1. The summed E-state index contributed by atoms with van der Waals surface area (Å²) in [5.41, 5.74) is 1.57. The van der Waals surface area contributed by atoms with E-state index in [0.717, 1.165) is 23.9 Å². The summed E-state index contributed by atoms with van der Waals surface area (Å²) >= 11 is 0. The predicted octanol–water partition coefficient (Wildman–Crippen LogP) is 2.96. The van der Waals surface area contributed by atoms with E-state index in [1.165, 1.54) is 0 Å². The number of hydrogen-bond acceptors (Lipinski definition) is 2. The summed E-state index contributed by atoms with van der Waals surface area (Å²) in [6.45, 7) is 6.17. The molecule has 0 bridgehead atoms. The molecule has 0 atom stereocenters. The lowest BCUT2D eigenvalue weighted by molar-refractivity contribution is 0.0902. The molecule has 1 amide bonds. The van der Waals surface area contributed by atoms with Gasteiger partial charge in [-0.2, -0.15) is 0 Å². The van der Waals surface area contributed by atoms with E-state index < -0.39 is 0 Å². The molecule has 4 nitrogen and oxygen atoms in total. The molecule has 0 saturated carbocycles. The minimum absolute atomic E-state index is 0.0892. The Bertz CT molecular complexity index is 527. The van der Waals surface area contributed by atoms with Crippen LogP contribution in [0.4, 0.5) is 0 Å². The van der Waals surface area contributed by atoms with Crippen LogP contribution in [0.2, 0.25) is 0 Å². The normalized spacial score (nSPS) is 11.2. The number of fused-ring (bicyclic) bond motifs is 1. The highest BCUT2D eigenvalue weighted by Gasteiger charge is 2.08. The molecular formula is C16H22N2O2. The van der Waals surface area contributed by atoms with Gasteiger partial charge in [-0.05, 0) is 24.5 Å². The van der Waals surface area contributed by atoms with Crippen molar-refractivity contribution in [3.8, 4) is 0 Å². The molecule has 20 heavy (non-hydrogen) atoms. The first kappa shape index (κ1) is 14.6. The van der Waals surface area contributed by atoms with Crippen molar-refractivity contribution in [1.29, 1.82) is 0 Å². The lowest BCUT2D eigenvalue weighted by atomic mass is 10.1. The summed E-state index contributed by atoms with van der Waals surface area (Å²) in [6, 6.07) is 9.71. The Kier molecular flexibility index (Phi) is 5.18. The van der Waals surface area contributed by atoms with E-state index in [2.05, 4.69) is 24.1 Å². The van der Waals surface area contributed by atoms with Crippen LogP contribution in [0, 0.1) is 5.92 Å². The van der Waals surface area contributed by atoms with Crippen molar-refractivity contribution in [2.75, 3.05) is 19.8 Å². The number of hydrogen-bond donors (Lipinski definition) is 2. The molecular weight excluding hydrogens is 252 g/mol. The van der Waals surface area contributed by atoms with Gasteiger partial charge >= 0.3 is 0 Å². The lowest BCUT2D eigenvalue weighted by Gasteiger charge is -2.07. The molecule has 2 rings (SSSR count). The van der Waals surface area contributed by atoms with E-state index in [-0.39, 0.29) is 5.91 Å². The van der Waals surface area contributed by atoms with Gasteiger partial charge in [0.1, 0.15) is 5.69 Å². The van der Waals surface area contributed by atoms with E-state index in [0.29, 0.717) is 24.8 Å². The van der Waals surface area contributed by atoms with Crippen molar-refractivity contribution < 1.29 is 9.53 Å². The van der Waals surface area contributed by atoms with Crippen LogP contribution >= 0.6 is 0 Å². The van der Waals surface area contributed by atoms with Gasteiger partial charge in [0, 0.05) is 24.1 Å². The third-order valence-corrected chi connectivity index (χ3v) is 3.15. The van der Waals surface area contributed by atoms with Crippen LogP contribution in [0.1, 0.15) is 30.8 Å². The van der Waals surface area contributed by atoms with Crippen LogP contribution in [0.25, 0.3) is 10.9 Å². The standard InChI is InChI=1S/C16H22N2O2/c1-12(2)7-9-20-10-8-17-16(19)15-11-13-5-3-4-6-14(13)18-15/h3-6,11-12,18H,7-10H2,1-2H3,(H,17,19). The Morgan fingerprint density at radius 3 is 2.85 bits per heavy atom. The van der Waals surface area contributed by atoms with Gasteiger partial charge in [0.25, 0.3) is 5.91 Å². The minimum Gasteiger partial charge on any atom is -0.380 e. The van der Waals surface area contributed by atoms with E-state index in [1.807, 2.05) is 30.3 Å². The maximum Gasteiger partial charge on any atom is 0.267 e. The predicted molar refractivity (Wildman–Crippen MR) is 80.9 cm³/mol. The molecule has 0 aliphatic heterocycles. The average Bonchev–Trinajstić information content (AvgIpc) is 2.86. The highest BCUT2D eigenvalue weighted by atomic mass is 16.5. The monoisotopic (exact) mass is 274 g/mol. The van der Waals surface area contributed by atoms with Crippen LogP contribution in [-0.4, -0.2) is 30.6 Å². The van der Waals surface area contributed by atoms with E-state index >= 15 is 0 Å². The second-order valence-electron chi connectivity index (χ2n) is 5.32. The van der Waals surface area contributed by atoms with Gasteiger partial charge in [-0.15, -0.1) is 0 Å². The molecule has 1 aromatic carbocycles. The average molecular weight is 274 g/mol.